The number of rotatable bonds is 7. The third-order valence-corrected chi connectivity index (χ3v) is 3.58. The highest BCUT2D eigenvalue weighted by Gasteiger charge is 2.11. The third kappa shape index (κ3) is 3.55. The Bertz CT molecular complexity index is 920. The number of aliphatic carboxylic acids is 1. The van der Waals surface area contributed by atoms with Crippen molar-refractivity contribution in [3.05, 3.63) is 42.4 Å². The molecule has 9 nitrogen and oxygen atoms in total. The van der Waals surface area contributed by atoms with Gasteiger partial charge in [-0.25, -0.2) is 19.4 Å². The number of nitrogens with zero attached hydrogens (tertiary/aromatic N) is 4. The molecule has 3 rings (SSSR count). The molecule has 128 valence electrons. The maximum atomic E-state index is 10.9. The second-order valence-corrected chi connectivity index (χ2v) is 5.29. The quantitative estimate of drug-likeness (QED) is 0.554. The topological polar surface area (TPSA) is 130 Å². The Morgan fingerprint density at radius 3 is 2.56 bits per heavy atom. The van der Waals surface area contributed by atoms with Crippen molar-refractivity contribution >= 4 is 28.8 Å². The summed E-state index contributed by atoms with van der Waals surface area (Å²) in [6.07, 6.45) is 3.56. The number of hydrogen-bond acceptors (Lipinski definition) is 6. The maximum absolute atomic E-state index is 10.9. The number of benzene rings is 1. The van der Waals surface area contributed by atoms with Gasteiger partial charge in [0.2, 0.25) is 0 Å². The van der Waals surface area contributed by atoms with Gasteiger partial charge >= 0.3 is 11.9 Å². The van der Waals surface area contributed by atoms with E-state index in [0.29, 0.717) is 35.5 Å². The maximum Gasteiger partial charge on any atom is 0.335 e. The van der Waals surface area contributed by atoms with Crippen LogP contribution in [-0.2, 0) is 4.79 Å². The lowest BCUT2D eigenvalue weighted by atomic mass is 10.2. The Hall–Kier alpha value is -3.49. The number of carbonyl (C=O) groups is 2. The van der Waals surface area contributed by atoms with Crippen molar-refractivity contribution < 1.29 is 19.8 Å². The number of nitrogens with one attached hydrogen (secondary N) is 1. The fourth-order valence-electron chi connectivity index (χ4n) is 2.37. The standard InChI is InChI=1S/C16H15N5O4/c22-13(23)2-1-7-17-14-12-8-20-21(15(12)19-9-18-14)11-5-3-10(4-6-11)16(24)25/h3-6,8-9H,1-2,7H2,(H,22,23)(H,24,25)(H,17,18,19). The summed E-state index contributed by atoms with van der Waals surface area (Å²) in [5.74, 6) is -1.26. The molecule has 1 aromatic carbocycles. The molecule has 0 radical (unpaired) electrons. The van der Waals surface area contributed by atoms with Gasteiger partial charge in [-0.15, -0.1) is 0 Å². The Morgan fingerprint density at radius 1 is 1.12 bits per heavy atom. The number of aromatic carboxylic acids is 1. The number of anilines is 1. The van der Waals surface area contributed by atoms with Crippen LogP contribution in [0.3, 0.4) is 0 Å². The molecule has 0 amide bonds. The largest absolute Gasteiger partial charge is 0.481 e. The van der Waals surface area contributed by atoms with E-state index in [2.05, 4.69) is 20.4 Å². The minimum atomic E-state index is -0.993. The Kier molecular flexibility index (Phi) is 4.55. The summed E-state index contributed by atoms with van der Waals surface area (Å²) in [5, 5.41) is 25.7. The smallest absolute Gasteiger partial charge is 0.335 e. The fraction of sp³-hybridized carbons (Fsp3) is 0.188. The lowest BCUT2D eigenvalue weighted by molar-refractivity contribution is -0.137. The van der Waals surface area contributed by atoms with Crippen molar-refractivity contribution in [2.24, 2.45) is 0 Å². The van der Waals surface area contributed by atoms with E-state index in [1.807, 2.05) is 0 Å². The van der Waals surface area contributed by atoms with E-state index < -0.39 is 11.9 Å². The normalized spacial score (nSPS) is 10.7. The number of hydrogen-bond donors (Lipinski definition) is 3. The van der Waals surface area contributed by atoms with Crippen LogP contribution in [0.1, 0.15) is 23.2 Å². The van der Waals surface area contributed by atoms with Crippen LogP contribution in [0.5, 0.6) is 0 Å². The predicted octanol–water partition coefficient (Wildman–Crippen LogP) is 1.79. The average Bonchev–Trinajstić information content (AvgIpc) is 3.03. The van der Waals surface area contributed by atoms with Gasteiger partial charge in [-0.05, 0) is 30.7 Å². The predicted molar refractivity (Wildman–Crippen MR) is 89.0 cm³/mol. The highest BCUT2D eigenvalue weighted by molar-refractivity contribution is 5.89. The van der Waals surface area contributed by atoms with Gasteiger partial charge in [0, 0.05) is 13.0 Å². The zero-order valence-corrected chi connectivity index (χ0v) is 13.1. The van der Waals surface area contributed by atoms with Crippen molar-refractivity contribution in [3.63, 3.8) is 0 Å². The SMILES string of the molecule is O=C(O)CCCNc1ncnc2c1cnn2-c1ccc(C(=O)O)cc1. The molecule has 0 spiro atoms. The summed E-state index contributed by atoms with van der Waals surface area (Å²) in [6.45, 7) is 0.469. The molecule has 0 aliphatic rings. The van der Waals surface area contributed by atoms with E-state index in [0.717, 1.165) is 0 Å². The Morgan fingerprint density at radius 2 is 1.88 bits per heavy atom. The molecular formula is C16H15N5O4. The van der Waals surface area contributed by atoms with E-state index in [4.69, 9.17) is 10.2 Å². The van der Waals surface area contributed by atoms with Gasteiger partial charge in [-0.1, -0.05) is 0 Å². The highest BCUT2D eigenvalue weighted by Crippen LogP contribution is 2.21. The van der Waals surface area contributed by atoms with Gasteiger partial charge in [0.25, 0.3) is 0 Å². The van der Waals surface area contributed by atoms with Crippen LogP contribution in [0.2, 0.25) is 0 Å². The summed E-state index contributed by atoms with van der Waals surface area (Å²) in [4.78, 5) is 29.9. The van der Waals surface area contributed by atoms with Gasteiger partial charge in [-0.2, -0.15) is 5.10 Å². The van der Waals surface area contributed by atoms with Gasteiger partial charge in [0.15, 0.2) is 5.65 Å². The molecule has 0 fully saturated rings. The second-order valence-electron chi connectivity index (χ2n) is 5.29. The van der Waals surface area contributed by atoms with Crippen LogP contribution in [0.4, 0.5) is 5.82 Å². The van der Waals surface area contributed by atoms with Crippen LogP contribution in [0.25, 0.3) is 16.7 Å². The lowest BCUT2D eigenvalue weighted by Gasteiger charge is -2.06. The molecule has 3 N–H and O–H groups in total. The molecule has 0 saturated heterocycles. The molecule has 9 heteroatoms. The molecule has 25 heavy (non-hydrogen) atoms. The van der Waals surface area contributed by atoms with E-state index in [9.17, 15) is 9.59 Å². The first-order chi connectivity index (χ1) is 12.1. The average molecular weight is 341 g/mol. The van der Waals surface area contributed by atoms with Gasteiger partial charge < -0.3 is 15.5 Å². The molecule has 0 atom stereocenters. The van der Waals surface area contributed by atoms with E-state index in [1.165, 1.54) is 18.5 Å². The second kappa shape index (κ2) is 6.95. The van der Waals surface area contributed by atoms with Crippen LogP contribution in [0.15, 0.2) is 36.8 Å². The van der Waals surface area contributed by atoms with E-state index in [1.54, 1.807) is 23.0 Å². The summed E-state index contributed by atoms with van der Waals surface area (Å²) in [6, 6.07) is 6.30. The summed E-state index contributed by atoms with van der Waals surface area (Å²) < 4.78 is 1.59. The van der Waals surface area contributed by atoms with Gasteiger partial charge in [-0.3, -0.25) is 4.79 Å². The van der Waals surface area contributed by atoms with Crippen molar-refractivity contribution in [1.82, 2.24) is 19.7 Å². The van der Waals surface area contributed by atoms with Crippen molar-refractivity contribution in [1.29, 1.82) is 0 Å². The van der Waals surface area contributed by atoms with E-state index >= 15 is 0 Å². The van der Waals surface area contributed by atoms with Crippen LogP contribution >= 0.6 is 0 Å². The minimum Gasteiger partial charge on any atom is -0.481 e. The first-order valence-corrected chi connectivity index (χ1v) is 7.54. The molecule has 0 saturated carbocycles. The number of carboxylic acid groups (broad SMARTS) is 2. The molecule has 0 aliphatic carbocycles. The van der Waals surface area contributed by atoms with Crippen LogP contribution in [-0.4, -0.2) is 48.4 Å². The molecule has 3 aromatic rings. The van der Waals surface area contributed by atoms with Gasteiger partial charge in [0.1, 0.15) is 12.1 Å². The van der Waals surface area contributed by atoms with Crippen LogP contribution < -0.4 is 5.32 Å². The molecule has 2 heterocycles. The summed E-state index contributed by atoms with van der Waals surface area (Å²) in [5.41, 5.74) is 1.44. The van der Waals surface area contributed by atoms with E-state index in [-0.39, 0.29) is 12.0 Å². The van der Waals surface area contributed by atoms with Crippen molar-refractivity contribution in [2.75, 3.05) is 11.9 Å². The Balaban J connectivity index is 1.85. The molecule has 0 bridgehead atoms. The van der Waals surface area contributed by atoms with Gasteiger partial charge in [0.05, 0.1) is 22.8 Å². The monoisotopic (exact) mass is 341 g/mol. The third-order valence-electron chi connectivity index (χ3n) is 3.58. The summed E-state index contributed by atoms with van der Waals surface area (Å²) in [7, 11) is 0. The summed E-state index contributed by atoms with van der Waals surface area (Å²) >= 11 is 0. The van der Waals surface area contributed by atoms with Crippen molar-refractivity contribution in [3.8, 4) is 5.69 Å². The molecule has 0 unspecified atom stereocenters. The number of carboxylic acids is 2. The molecule has 0 aliphatic heterocycles. The number of aromatic nitrogens is 4. The molecular weight excluding hydrogens is 326 g/mol. The number of fused-ring (bicyclic) bond motifs is 1. The minimum absolute atomic E-state index is 0.0798. The zero-order chi connectivity index (χ0) is 17.8. The molecule has 2 aromatic heterocycles. The lowest BCUT2D eigenvalue weighted by Crippen LogP contribution is -2.07. The van der Waals surface area contributed by atoms with Crippen LogP contribution in [0, 0.1) is 0 Å². The first kappa shape index (κ1) is 16.4. The first-order valence-electron chi connectivity index (χ1n) is 7.54. The zero-order valence-electron chi connectivity index (χ0n) is 13.1. The Labute approximate surface area is 142 Å². The van der Waals surface area contributed by atoms with Crippen molar-refractivity contribution in [2.45, 2.75) is 12.8 Å². The highest BCUT2D eigenvalue weighted by atomic mass is 16.4. The fourth-order valence-corrected chi connectivity index (χ4v) is 2.37.